The lowest BCUT2D eigenvalue weighted by Gasteiger charge is -2.29. The molecule has 2 N–H and O–H groups in total. The maximum Gasteiger partial charge on any atom is 0.398 e. The maximum atomic E-state index is 13.3. The highest BCUT2D eigenvalue weighted by Gasteiger charge is 2.64. The molecule has 0 spiro atoms. The lowest BCUT2D eigenvalue weighted by Crippen LogP contribution is -2.52. The van der Waals surface area contributed by atoms with Crippen LogP contribution >= 0.6 is 0 Å². The number of hydrogen-bond donors (Lipinski definition) is 2. The number of Topliss-reactive ketones (excluding diaryl/α,β-unsaturated/α-hetero) is 1. The Kier molecular flexibility index (Phi) is 5.88. The molecule has 2 heterocycles. The highest BCUT2D eigenvalue weighted by molar-refractivity contribution is 6.42. The van der Waals surface area contributed by atoms with Crippen molar-refractivity contribution in [2.45, 2.75) is 56.4 Å². The monoisotopic (exact) mass is 513 g/mol. The van der Waals surface area contributed by atoms with Gasteiger partial charge in [0, 0.05) is 30.6 Å². The Labute approximate surface area is 209 Å². The Morgan fingerprint density at radius 2 is 1.76 bits per heavy atom. The zero-order valence-corrected chi connectivity index (χ0v) is 19.5. The van der Waals surface area contributed by atoms with Crippen molar-refractivity contribution in [1.82, 2.24) is 15.5 Å². The Hall–Kier alpha value is -4.02. The van der Waals surface area contributed by atoms with E-state index in [1.54, 1.807) is 18.2 Å². The van der Waals surface area contributed by atoms with E-state index in [1.165, 1.54) is 29.2 Å². The first-order chi connectivity index (χ1) is 17.5. The van der Waals surface area contributed by atoms with Crippen molar-refractivity contribution in [3.8, 4) is 0 Å². The Bertz CT molecular complexity index is 1330. The number of fused-ring (bicyclic) bond motifs is 1. The molecule has 11 heteroatoms. The first-order valence-electron chi connectivity index (χ1n) is 11.8. The predicted octanol–water partition coefficient (Wildman–Crippen LogP) is 2.54. The summed E-state index contributed by atoms with van der Waals surface area (Å²) in [6.07, 6.45) is -3.97. The number of carbonyl (C=O) groups is 5. The summed E-state index contributed by atoms with van der Waals surface area (Å²) in [5, 5.41) is 4.74. The van der Waals surface area contributed by atoms with Crippen LogP contribution in [0.15, 0.2) is 42.5 Å². The Morgan fingerprint density at radius 1 is 1.05 bits per heavy atom. The summed E-state index contributed by atoms with van der Waals surface area (Å²) in [5.74, 6) is -2.99. The molecule has 2 aromatic carbocycles. The first kappa shape index (κ1) is 24.7. The number of halogens is 3. The van der Waals surface area contributed by atoms with Crippen LogP contribution in [0.1, 0.15) is 63.1 Å². The molecule has 8 nitrogen and oxygen atoms in total. The van der Waals surface area contributed by atoms with E-state index in [0.717, 1.165) is 0 Å². The van der Waals surface area contributed by atoms with Crippen molar-refractivity contribution in [1.29, 1.82) is 0 Å². The number of piperidine rings is 1. The van der Waals surface area contributed by atoms with Gasteiger partial charge in [-0.25, -0.2) is 0 Å². The van der Waals surface area contributed by atoms with Crippen LogP contribution < -0.4 is 10.6 Å². The molecule has 1 unspecified atom stereocenters. The van der Waals surface area contributed by atoms with Crippen molar-refractivity contribution in [3.05, 3.63) is 70.3 Å². The molecule has 192 valence electrons. The number of nitrogens with zero attached hydrogens (tertiary/aromatic N) is 1. The molecule has 2 aromatic rings. The van der Waals surface area contributed by atoms with Crippen LogP contribution in [-0.4, -0.2) is 46.5 Å². The number of hydrogen-bond acceptors (Lipinski definition) is 5. The van der Waals surface area contributed by atoms with E-state index in [1.807, 2.05) is 0 Å². The molecule has 5 rings (SSSR count). The summed E-state index contributed by atoms with van der Waals surface area (Å²) >= 11 is 0. The van der Waals surface area contributed by atoms with E-state index < -0.39 is 35.2 Å². The van der Waals surface area contributed by atoms with E-state index in [2.05, 4.69) is 10.6 Å². The van der Waals surface area contributed by atoms with E-state index in [9.17, 15) is 37.1 Å². The topological polar surface area (TPSA) is 113 Å². The van der Waals surface area contributed by atoms with Gasteiger partial charge in [0.15, 0.2) is 0 Å². The molecule has 37 heavy (non-hydrogen) atoms. The number of rotatable bonds is 6. The molecule has 1 saturated heterocycles. The van der Waals surface area contributed by atoms with Gasteiger partial charge < -0.3 is 10.2 Å². The van der Waals surface area contributed by atoms with Gasteiger partial charge >= 0.3 is 6.18 Å². The fourth-order valence-corrected chi connectivity index (χ4v) is 4.93. The van der Waals surface area contributed by atoms with Crippen molar-refractivity contribution in [2.75, 3.05) is 0 Å². The zero-order valence-electron chi connectivity index (χ0n) is 19.5. The molecular weight excluding hydrogens is 491 g/mol. The molecule has 0 bridgehead atoms. The number of alkyl halides is 3. The largest absolute Gasteiger partial charge is 0.398 e. The van der Waals surface area contributed by atoms with Crippen molar-refractivity contribution >= 4 is 29.4 Å². The van der Waals surface area contributed by atoms with E-state index >= 15 is 0 Å². The molecule has 2 fully saturated rings. The normalized spacial score (nSPS) is 20.4. The number of nitrogens with one attached hydrogen (secondary N) is 2. The second-order valence-corrected chi connectivity index (χ2v) is 9.56. The average Bonchev–Trinajstić information content (AvgIpc) is 3.62. The van der Waals surface area contributed by atoms with Crippen LogP contribution in [0.25, 0.3) is 0 Å². The SMILES string of the molecule is O=C1CCC(N2Cc3cc(CNC(=O)C(=O)c4ccc(C5(C(F)(F)F)CC5)cc4)ccc3C2=O)C(=O)N1. The van der Waals surface area contributed by atoms with Crippen molar-refractivity contribution in [3.63, 3.8) is 0 Å². The summed E-state index contributed by atoms with van der Waals surface area (Å²) in [6.45, 7) is 0.159. The van der Waals surface area contributed by atoms with Gasteiger partial charge in [0.25, 0.3) is 11.8 Å². The molecule has 3 aliphatic rings. The van der Waals surface area contributed by atoms with Gasteiger partial charge in [-0.15, -0.1) is 0 Å². The quantitative estimate of drug-likeness (QED) is 0.350. The minimum Gasteiger partial charge on any atom is -0.345 e. The fraction of sp³-hybridized carbons (Fsp3) is 0.346. The van der Waals surface area contributed by atoms with Gasteiger partial charge in [0.05, 0.1) is 5.41 Å². The zero-order chi connectivity index (χ0) is 26.5. The number of carbonyl (C=O) groups excluding carboxylic acids is 5. The van der Waals surface area contributed by atoms with Crippen LogP contribution in [-0.2, 0) is 32.9 Å². The molecule has 2 aliphatic heterocycles. The first-order valence-corrected chi connectivity index (χ1v) is 11.8. The van der Waals surface area contributed by atoms with Crippen LogP contribution in [0.3, 0.4) is 0 Å². The Morgan fingerprint density at radius 3 is 2.38 bits per heavy atom. The van der Waals surface area contributed by atoms with Crippen molar-refractivity contribution in [2.24, 2.45) is 0 Å². The number of benzene rings is 2. The summed E-state index contributed by atoms with van der Waals surface area (Å²) in [5.41, 5.74) is -0.103. The smallest absolute Gasteiger partial charge is 0.345 e. The fourth-order valence-electron chi connectivity index (χ4n) is 4.93. The molecule has 1 saturated carbocycles. The lowest BCUT2D eigenvalue weighted by atomic mass is 9.94. The number of ketones is 1. The van der Waals surface area contributed by atoms with Crippen LogP contribution in [0.2, 0.25) is 0 Å². The van der Waals surface area contributed by atoms with E-state index in [-0.39, 0.29) is 61.7 Å². The van der Waals surface area contributed by atoms with Crippen LogP contribution in [0.5, 0.6) is 0 Å². The minimum absolute atomic E-state index is 0.00193. The van der Waals surface area contributed by atoms with E-state index in [4.69, 9.17) is 0 Å². The Balaban J connectivity index is 1.20. The summed E-state index contributed by atoms with van der Waals surface area (Å²) in [7, 11) is 0. The molecule has 0 aromatic heterocycles. The van der Waals surface area contributed by atoms with Gasteiger partial charge in [-0.1, -0.05) is 36.4 Å². The van der Waals surface area contributed by atoms with Gasteiger partial charge in [0.2, 0.25) is 17.6 Å². The molecular formula is C26H22F3N3O5. The highest BCUT2D eigenvalue weighted by atomic mass is 19.4. The molecule has 1 atom stereocenters. The second kappa shape index (κ2) is 8.82. The van der Waals surface area contributed by atoms with Gasteiger partial charge in [0.1, 0.15) is 6.04 Å². The number of amides is 4. The van der Waals surface area contributed by atoms with Crippen molar-refractivity contribution < 1.29 is 37.1 Å². The number of imide groups is 1. The second-order valence-electron chi connectivity index (χ2n) is 9.56. The average molecular weight is 513 g/mol. The standard InChI is InChI=1S/C26H22F3N3O5/c27-26(28,29)25(9-10-25)17-4-2-15(3-5-17)21(34)23(36)30-12-14-1-6-18-16(11-14)13-32(24(18)37)19-7-8-20(33)31-22(19)35/h1-6,11,19H,7-10,12-13H2,(H,30,36)(H,31,33,35). The van der Waals surface area contributed by atoms with Gasteiger partial charge in [-0.3, -0.25) is 29.3 Å². The third-order valence-corrected chi connectivity index (χ3v) is 7.24. The molecule has 4 amide bonds. The third-order valence-electron chi connectivity index (χ3n) is 7.24. The lowest BCUT2D eigenvalue weighted by molar-refractivity contribution is -0.160. The van der Waals surface area contributed by atoms with Crippen LogP contribution in [0.4, 0.5) is 13.2 Å². The highest BCUT2D eigenvalue weighted by Crippen LogP contribution is 2.58. The van der Waals surface area contributed by atoms with E-state index in [0.29, 0.717) is 16.7 Å². The van der Waals surface area contributed by atoms with Gasteiger partial charge in [-0.2, -0.15) is 13.2 Å². The minimum atomic E-state index is -4.37. The summed E-state index contributed by atoms with van der Waals surface area (Å²) < 4.78 is 39.9. The third kappa shape index (κ3) is 4.38. The summed E-state index contributed by atoms with van der Waals surface area (Å²) in [4.78, 5) is 62.7. The molecule has 0 radical (unpaired) electrons. The maximum absolute atomic E-state index is 13.3. The predicted molar refractivity (Wildman–Crippen MR) is 122 cm³/mol. The molecule has 1 aliphatic carbocycles. The van der Waals surface area contributed by atoms with Gasteiger partial charge in [-0.05, 0) is 42.0 Å². The summed E-state index contributed by atoms with van der Waals surface area (Å²) in [6, 6.07) is 9.11. The van der Waals surface area contributed by atoms with Crippen LogP contribution in [0, 0.1) is 0 Å².